The van der Waals surface area contributed by atoms with Crippen molar-refractivity contribution in [2.75, 3.05) is 33.2 Å². The summed E-state index contributed by atoms with van der Waals surface area (Å²) in [7, 11) is 2.10. The van der Waals surface area contributed by atoms with Crippen molar-refractivity contribution in [3.63, 3.8) is 0 Å². The molecular formula is C17H26N4O2. The summed E-state index contributed by atoms with van der Waals surface area (Å²) in [5, 5.41) is 3.19. The first-order chi connectivity index (χ1) is 11.2. The van der Waals surface area contributed by atoms with E-state index in [-0.39, 0.29) is 18.2 Å². The highest BCUT2D eigenvalue weighted by molar-refractivity contribution is 5.74. The van der Waals surface area contributed by atoms with Gasteiger partial charge < -0.3 is 19.9 Å². The summed E-state index contributed by atoms with van der Waals surface area (Å²) >= 11 is 0. The second-order valence-electron chi connectivity index (χ2n) is 6.50. The largest absolute Gasteiger partial charge is 0.474 e. The Morgan fingerprint density at radius 3 is 2.57 bits per heavy atom. The Bertz CT molecular complexity index is 495. The molecule has 6 nitrogen and oxygen atoms in total. The third-order valence-corrected chi connectivity index (χ3v) is 4.72. The molecule has 1 aromatic heterocycles. The maximum absolute atomic E-state index is 12.3. The zero-order valence-corrected chi connectivity index (χ0v) is 13.8. The van der Waals surface area contributed by atoms with E-state index < -0.39 is 0 Å². The zero-order valence-electron chi connectivity index (χ0n) is 13.8. The summed E-state index contributed by atoms with van der Waals surface area (Å²) in [6, 6.07) is 6.07. The van der Waals surface area contributed by atoms with Crippen molar-refractivity contribution in [3.05, 3.63) is 24.4 Å². The molecule has 0 bridgehead atoms. The molecule has 1 aromatic rings. The fourth-order valence-electron chi connectivity index (χ4n) is 3.19. The van der Waals surface area contributed by atoms with Crippen LogP contribution in [0, 0.1) is 0 Å². The van der Waals surface area contributed by atoms with Gasteiger partial charge in [-0.05, 0) is 38.8 Å². The molecule has 1 saturated heterocycles. The molecule has 2 aliphatic rings. The summed E-state index contributed by atoms with van der Waals surface area (Å²) in [6.07, 6.45) is 5.82. The number of pyridine rings is 1. The Hall–Kier alpha value is -1.82. The third kappa shape index (κ3) is 4.58. The Labute approximate surface area is 137 Å². The fraction of sp³-hybridized carbons (Fsp3) is 0.647. The average molecular weight is 318 g/mol. The highest BCUT2D eigenvalue weighted by atomic mass is 16.5. The smallest absolute Gasteiger partial charge is 0.317 e. The molecule has 3 rings (SSSR count). The van der Waals surface area contributed by atoms with Crippen LogP contribution in [0.3, 0.4) is 0 Å². The van der Waals surface area contributed by atoms with Gasteiger partial charge in [0, 0.05) is 44.5 Å². The highest BCUT2D eigenvalue weighted by Crippen LogP contribution is 2.23. The summed E-state index contributed by atoms with van der Waals surface area (Å²) < 4.78 is 5.90. The van der Waals surface area contributed by atoms with Crippen molar-refractivity contribution in [1.29, 1.82) is 0 Å². The first-order valence-corrected chi connectivity index (χ1v) is 8.52. The average Bonchev–Trinajstić information content (AvgIpc) is 2.58. The lowest BCUT2D eigenvalue weighted by atomic mass is 9.93. The lowest BCUT2D eigenvalue weighted by molar-refractivity contribution is 0.125. The molecule has 0 atom stereocenters. The lowest BCUT2D eigenvalue weighted by Crippen LogP contribution is -2.53. The Balaban J connectivity index is 1.40. The van der Waals surface area contributed by atoms with Crippen LogP contribution in [0.5, 0.6) is 5.88 Å². The van der Waals surface area contributed by atoms with Crippen LogP contribution < -0.4 is 10.1 Å². The van der Waals surface area contributed by atoms with Crippen LogP contribution >= 0.6 is 0 Å². The second-order valence-corrected chi connectivity index (χ2v) is 6.50. The van der Waals surface area contributed by atoms with Gasteiger partial charge in [-0.3, -0.25) is 0 Å². The number of amides is 2. The van der Waals surface area contributed by atoms with Crippen molar-refractivity contribution in [2.24, 2.45) is 0 Å². The van der Waals surface area contributed by atoms with E-state index in [0.717, 1.165) is 51.9 Å². The van der Waals surface area contributed by atoms with E-state index in [2.05, 4.69) is 22.2 Å². The number of likely N-dealkylation sites (N-methyl/N-ethyl adjacent to an activating group) is 1. The molecule has 6 heteroatoms. The number of urea groups is 1. The normalized spacial score (nSPS) is 25.9. The number of rotatable bonds is 3. The molecule has 2 heterocycles. The van der Waals surface area contributed by atoms with Gasteiger partial charge in [0.1, 0.15) is 6.10 Å². The summed E-state index contributed by atoms with van der Waals surface area (Å²) in [5.41, 5.74) is 0. The molecule has 1 saturated carbocycles. The van der Waals surface area contributed by atoms with Gasteiger partial charge in [0.25, 0.3) is 0 Å². The number of piperazine rings is 1. The molecule has 2 fully saturated rings. The van der Waals surface area contributed by atoms with E-state index in [9.17, 15) is 4.79 Å². The van der Waals surface area contributed by atoms with Gasteiger partial charge >= 0.3 is 6.03 Å². The van der Waals surface area contributed by atoms with Crippen molar-refractivity contribution < 1.29 is 9.53 Å². The van der Waals surface area contributed by atoms with E-state index in [1.54, 1.807) is 6.20 Å². The number of nitrogens with one attached hydrogen (secondary N) is 1. The zero-order chi connectivity index (χ0) is 16.1. The van der Waals surface area contributed by atoms with Crippen LogP contribution in [-0.2, 0) is 0 Å². The maximum atomic E-state index is 12.3. The minimum Gasteiger partial charge on any atom is -0.474 e. The number of hydrogen-bond donors (Lipinski definition) is 1. The first-order valence-electron chi connectivity index (χ1n) is 8.52. The molecule has 1 aliphatic carbocycles. The highest BCUT2D eigenvalue weighted by Gasteiger charge is 2.26. The van der Waals surface area contributed by atoms with E-state index in [1.165, 1.54) is 0 Å². The van der Waals surface area contributed by atoms with Crippen molar-refractivity contribution >= 4 is 6.03 Å². The number of aromatic nitrogens is 1. The molecule has 2 amide bonds. The van der Waals surface area contributed by atoms with Crippen LogP contribution in [0.25, 0.3) is 0 Å². The van der Waals surface area contributed by atoms with Crippen molar-refractivity contribution in [2.45, 2.75) is 37.8 Å². The molecule has 0 unspecified atom stereocenters. The molecule has 1 N–H and O–H groups in total. The second kappa shape index (κ2) is 7.64. The van der Waals surface area contributed by atoms with E-state index in [0.29, 0.717) is 5.88 Å². The van der Waals surface area contributed by atoms with Crippen LogP contribution in [0.1, 0.15) is 25.7 Å². The summed E-state index contributed by atoms with van der Waals surface area (Å²) in [5.74, 6) is 0.692. The standard InChI is InChI=1S/C17H26N4O2/c1-20-10-12-21(13-11-20)17(22)19-14-5-7-15(8-6-14)23-16-4-2-3-9-18-16/h2-4,9,14-15H,5-8,10-13H2,1H3,(H,19,22). The van der Waals surface area contributed by atoms with Gasteiger partial charge in [0.2, 0.25) is 5.88 Å². The maximum Gasteiger partial charge on any atom is 0.317 e. The quantitative estimate of drug-likeness (QED) is 0.922. The molecule has 126 valence electrons. The number of hydrogen-bond acceptors (Lipinski definition) is 4. The van der Waals surface area contributed by atoms with E-state index in [4.69, 9.17) is 4.74 Å². The molecular weight excluding hydrogens is 292 g/mol. The van der Waals surface area contributed by atoms with Crippen LogP contribution in [0.15, 0.2) is 24.4 Å². The molecule has 0 aromatic carbocycles. The predicted molar refractivity (Wildman–Crippen MR) is 88.5 cm³/mol. The van der Waals surface area contributed by atoms with Gasteiger partial charge in [-0.2, -0.15) is 0 Å². The molecule has 0 spiro atoms. The van der Waals surface area contributed by atoms with E-state index in [1.807, 2.05) is 23.1 Å². The Morgan fingerprint density at radius 2 is 1.91 bits per heavy atom. The molecule has 1 aliphatic heterocycles. The summed E-state index contributed by atoms with van der Waals surface area (Å²) in [6.45, 7) is 3.55. The first kappa shape index (κ1) is 16.1. The number of carbonyl (C=O) groups is 1. The van der Waals surface area contributed by atoms with Crippen molar-refractivity contribution in [3.8, 4) is 5.88 Å². The number of nitrogens with zero attached hydrogens (tertiary/aromatic N) is 3. The number of ether oxygens (including phenoxy) is 1. The van der Waals surface area contributed by atoms with Crippen LogP contribution in [0.4, 0.5) is 4.79 Å². The third-order valence-electron chi connectivity index (χ3n) is 4.72. The van der Waals surface area contributed by atoms with Crippen molar-refractivity contribution in [1.82, 2.24) is 20.1 Å². The van der Waals surface area contributed by atoms with Gasteiger partial charge in [0.15, 0.2) is 0 Å². The van der Waals surface area contributed by atoms with Gasteiger partial charge in [-0.25, -0.2) is 9.78 Å². The monoisotopic (exact) mass is 318 g/mol. The van der Waals surface area contributed by atoms with Crippen LogP contribution in [0.2, 0.25) is 0 Å². The van der Waals surface area contributed by atoms with Crippen LogP contribution in [-0.4, -0.2) is 66.2 Å². The fourth-order valence-corrected chi connectivity index (χ4v) is 3.19. The van der Waals surface area contributed by atoms with Gasteiger partial charge in [-0.15, -0.1) is 0 Å². The number of carbonyl (C=O) groups excluding carboxylic acids is 1. The minimum atomic E-state index is 0.0900. The Kier molecular flexibility index (Phi) is 5.33. The molecule has 0 radical (unpaired) electrons. The van der Waals surface area contributed by atoms with Gasteiger partial charge in [-0.1, -0.05) is 6.07 Å². The summed E-state index contributed by atoms with van der Waals surface area (Å²) in [4.78, 5) is 20.7. The molecule has 23 heavy (non-hydrogen) atoms. The SMILES string of the molecule is CN1CCN(C(=O)NC2CCC(Oc3ccccn3)CC2)CC1. The topological polar surface area (TPSA) is 57.7 Å². The lowest BCUT2D eigenvalue weighted by Gasteiger charge is -2.35. The van der Waals surface area contributed by atoms with E-state index >= 15 is 0 Å². The minimum absolute atomic E-state index is 0.0900. The predicted octanol–water partition coefficient (Wildman–Crippen LogP) is 1.73. The van der Waals surface area contributed by atoms with Gasteiger partial charge in [0.05, 0.1) is 0 Å². The Morgan fingerprint density at radius 1 is 1.17 bits per heavy atom.